The molecule has 0 aromatic carbocycles. The Kier molecular flexibility index (Phi) is 3.04. The molecular weight excluding hydrogens is 204 g/mol. The Balaban J connectivity index is 1.94. The van der Waals surface area contributed by atoms with Gasteiger partial charge in [0.2, 0.25) is 0 Å². The fourth-order valence-electron chi connectivity index (χ4n) is 2.20. The normalized spacial score (nSPS) is 29.4. The van der Waals surface area contributed by atoms with Gasteiger partial charge in [-0.2, -0.15) is 5.10 Å². The third kappa shape index (κ3) is 2.28. The highest BCUT2D eigenvalue weighted by Gasteiger charge is 2.43. The Bertz CT molecular complexity index is 354. The van der Waals surface area contributed by atoms with Gasteiger partial charge in [0, 0.05) is 38.6 Å². The Morgan fingerprint density at radius 3 is 2.81 bits per heavy atom. The van der Waals surface area contributed by atoms with Crippen LogP contribution in [0, 0.1) is 0 Å². The van der Waals surface area contributed by atoms with Crippen LogP contribution < -0.4 is 0 Å². The molecule has 4 heteroatoms. The summed E-state index contributed by atoms with van der Waals surface area (Å²) in [5.41, 5.74) is 0.363. The quantitative estimate of drug-likeness (QED) is 0.844. The zero-order chi connectivity index (χ0) is 11.8. The molecule has 0 bridgehead atoms. The number of aliphatic hydroxyl groups is 1. The molecule has 16 heavy (non-hydrogen) atoms. The molecule has 1 fully saturated rings. The first-order valence-electron chi connectivity index (χ1n) is 5.81. The molecule has 1 saturated carbocycles. The molecule has 0 aliphatic heterocycles. The molecular formula is C12H20N2O2. The lowest BCUT2D eigenvalue weighted by molar-refractivity contribution is -0.126. The molecule has 1 aliphatic rings. The molecule has 1 aromatic heterocycles. The standard InChI is InChI=1S/C12H20N2O2/c1-9(2)14-5-4-10(13-14)6-12(15)7-11(8-12)16-3/h4-5,9,11,15H,6-8H2,1-3H3. The van der Waals surface area contributed by atoms with Crippen molar-refractivity contribution in [2.24, 2.45) is 0 Å². The van der Waals surface area contributed by atoms with Gasteiger partial charge in [-0.1, -0.05) is 0 Å². The van der Waals surface area contributed by atoms with E-state index >= 15 is 0 Å². The van der Waals surface area contributed by atoms with Crippen molar-refractivity contribution in [2.75, 3.05) is 7.11 Å². The topological polar surface area (TPSA) is 47.3 Å². The largest absolute Gasteiger partial charge is 0.389 e. The molecule has 4 nitrogen and oxygen atoms in total. The highest BCUT2D eigenvalue weighted by molar-refractivity contribution is 5.08. The summed E-state index contributed by atoms with van der Waals surface area (Å²) in [6, 6.07) is 2.36. The molecule has 0 radical (unpaired) electrons. The predicted molar refractivity (Wildman–Crippen MR) is 61.3 cm³/mol. The van der Waals surface area contributed by atoms with Gasteiger partial charge in [0.25, 0.3) is 0 Å². The highest BCUT2D eigenvalue weighted by Crippen LogP contribution is 2.36. The van der Waals surface area contributed by atoms with Crippen LogP contribution >= 0.6 is 0 Å². The first-order chi connectivity index (χ1) is 7.52. The van der Waals surface area contributed by atoms with Crippen LogP contribution in [-0.4, -0.2) is 33.7 Å². The first kappa shape index (κ1) is 11.6. The van der Waals surface area contributed by atoms with Gasteiger partial charge < -0.3 is 9.84 Å². The lowest BCUT2D eigenvalue weighted by Crippen LogP contribution is -2.49. The van der Waals surface area contributed by atoms with E-state index in [-0.39, 0.29) is 6.10 Å². The minimum atomic E-state index is -0.600. The average Bonchev–Trinajstić information content (AvgIpc) is 2.62. The van der Waals surface area contributed by atoms with Crippen molar-refractivity contribution in [3.05, 3.63) is 18.0 Å². The summed E-state index contributed by atoms with van der Waals surface area (Å²) in [7, 11) is 1.69. The van der Waals surface area contributed by atoms with Crippen molar-refractivity contribution >= 4 is 0 Å². The van der Waals surface area contributed by atoms with Gasteiger partial charge in [-0.25, -0.2) is 0 Å². The van der Waals surface area contributed by atoms with Gasteiger partial charge in [-0.3, -0.25) is 4.68 Å². The van der Waals surface area contributed by atoms with E-state index in [4.69, 9.17) is 4.74 Å². The zero-order valence-electron chi connectivity index (χ0n) is 10.2. The third-order valence-electron chi connectivity index (χ3n) is 3.25. The minimum Gasteiger partial charge on any atom is -0.389 e. The number of hydrogen-bond donors (Lipinski definition) is 1. The van der Waals surface area contributed by atoms with Crippen LogP contribution in [0.2, 0.25) is 0 Å². The highest BCUT2D eigenvalue weighted by atomic mass is 16.5. The van der Waals surface area contributed by atoms with Crippen LogP contribution in [0.25, 0.3) is 0 Å². The summed E-state index contributed by atoms with van der Waals surface area (Å²) >= 11 is 0. The number of hydrogen-bond acceptors (Lipinski definition) is 3. The number of nitrogens with zero attached hydrogens (tertiary/aromatic N) is 2. The van der Waals surface area contributed by atoms with Gasteiger partial charge in [0.15, 0.2) is 0 Å². The summed E-state index contributed by atoms with van der Waals surface area (Å²) in [5, 5.41) is 14.6. The fourth-order valence-corrected chi connectivity index (χ4v) is 2.20. The molecule has 0 amide bonds. The molecule has 0 spiro atoms. The van der Waals surface area contributed by atoms with Crippen molar-refractivity contribution in [2.45, 2.75) is 50.9 Å². The molecule has 2 rings (SSSR count). The summed E-state index contributed by atoms with van der Waals surface area (Å²) in [5.74, 6) is 0. The van der Waals surface area contributed by atoms with E-state index in [1.54, 1.807) is 7.11 Å². The monoisotopic (exact) mass is 224 g/mol. The van der Waals surface area contributed by atoms with E-state index < -0.39 is 5.60 Å². The van der Waals surface area contributed by atoms with E-state index in [1.165, 1.54) is 0 Å². The molecule has 1 heterocycles. The number of aromatic nitrogens is 2. The lowest BCUT2D eigenvalue weighted by Gasteiger charge is -2.42. The molecule has 1 aliphatic carbocycles. The van der Waals surface area contributed by atoms with E-state index in [0.717, 1.165) is 18.5 Å². The maximum Gasteiger partial charge on any atom is 0.0753 e. The summed E-state index contributed by atoms with van der Waals surface area (Å²) in [6.07, 6.45) is 4.26. The second-order valence-electron chi connectivity index (χ2n) is 5.05. The minimum absolute atomic E-state index is 0.220. The summed E-state index contributed by atoms with van der Waals surface area (Å²) < 4.78 is 7.10. The van der Waals surface area contributed by atoms with Crippen LogP contribution in [0.3, 0.4) is 0 Å². The van der Waals surface area contributed by atoms with E-state index in [1.807, 2.05) is 16.9 Å². The van der Waals surface area contributed by atoms with Crippen LogP contribution in [0.15, 0.2) is 12.3 Å². The SMILES string of the molecule is COC1CC(O)(Cc2ccn(C(C)C)n2)C1. The van der Waals surface area contributed by atoms with Crippen molar-refractivity contribution in [1.29, 1.82) is 0 Å². The van der Waals surface area contributed by atoms with Gasteiger partial charge in [0.1, 0.15) is 0 Å². The Morgan fingerprint density at radius 2 is 2.31 bits per heavy atom. The molecule has 0 atom stereocenters. The smallest absolute Gasteiger partial charge is 0.0753 e. The average molecular weight is 224 g/mol. The van der Waals surface area contributed by atoms with Crippen molar-refractivity contribution < 1.29 is 9.84 Å². The second-order valence-corrected chi connectivity index (χ2v) is 5.05. The van der Waals surface area contributed by atoms with Gasteiger partial charge >= 0.3 is 0 Å². The Morgan fingerprint density at radius 1 is 1.62 bits per heavy atom. The predicted octanol–water partition coefficient (Wildman–Crippen LogP) is 1.55. The number of rotatable bonds is 4. The number of ether oxygens (including phenoxy) is 1. The van der Waals surface area contributed by atoms with Gasteiger partial charge in [-0.15, -0.1) is 0 Å². The Hall–Kier alpha value is -0.870. The van der Waals surface area contributed by atoms with Crippen molar-refractivity contribution in [3.63, 3.8) is 0 Å². The zero-order valence-corrected chi connectivity index (χ0v) is 10.2. The first-order valence-corrected chi connectivity index (χ1v) is 5.81. The molecule has 90 valence electrons. The van der Waals surface area contributed by atoms with Crippen molar-refractivity contribution in [3.8, 4) is 0 Å². The van der Waals surface area contributed by atoms with Crippen LogP contribution in [0.5, 0.6) is 0 Å². The van der Waals surface area contributed by atoms with Gasteiger partial charge in [0.05, 0.1) is 17.4 Å². The second kappa shape index (κ2) is 4.18. The fraction of sp³-hybridized carbons (Fsp3) is 0.750. The molecule has 0 unspecified atom stereocenters. The maximum absolute atomic E-state index is 10.2. The number of methoxy groups -OCH3 is 1. The van der Waals surface area contributed by atoms with Gasteiger partial charge in [-0.05, 0) is 19.9 Å². The molecule has 0 saturated heterocycles. The Labute approximate surface area is 96.2 Å². The van der Waals surface area contributed by atoms with Crippen LogP contribution in [0.1, 0.15) is 38.4 Å². The summed E-state index contributed by atoms with van der Waals surface area (Å²) in [4.78, 5) is 0. The van der Waals surface area contributed by atoms with E-state index in [9.17, 15) is 5.11 Å². The summed E-state index contributed by atoms with van der Waals surface area (Å²) in [6.45, 7) is 4.19. The molecule has 1 N–H and O–H groups in total. The third-order valence-corrected chi connectivity index (χ3v) is 3.25. The lowest BCUT2D eigenvalue weighted by atomic mass is 9.74. The van der Waals surface area contributed by atoms with Crippen LogP contribution in [0.4, 0.5) is 0 Å². The molecule has 1 aromatic rings. The van der Waals surface area contributed by atoms with E-state index in [2.05, 4.69) is 18.9 Å². The van der Waals surface area contributed by atoms with Crippen molar-refractivity contribution in [1.82, 2.24) is 9.78 Å². The van der Waals surface area contributed by atoms with Crippen LogP contribution in [-0.2, 0) is 11.2 Å². The maximum atomic E-state index is 10.2. The van der Waals surface area contributed by atoms with E-state index in [0.29, 0.717) is 12.5 Å².